The molecule has 0 spiro atoms. The van der Waals surface area contributed by atoms with Crippen LogP contribution in [0.5, 0.6) is 0 Å². The Labute approximate surface area is 132 Å². The van der Waals surface area contributed by atoms with E-state index in [-0.39, 0.29) is 44.1 Å². The topological polar surface area (TPSA) is 91.1 Å². The summed E-state index contributed by atoms with van der Waals surface area (Å²) in [5, 5.41) is 0. The molecule has 23 heavy (non-hydrogen) atoms. The average molecular weight is 323 g/mol. The molecule has 0 amide bonds. The molecule has 0 aliphatic carbocycles. The maximum atomic E-state index is 12.6. The van der Waals surface area contributed by atoms with E-state index in [1.165, 1.54) is 0 Å². The van der Waals surface area contributed by atoms with Gasteiger partial charge in [-0.15, -0.1) is 0 Å². The second kappa shape index (κ2) is 5.93. The van der Waals surface area contributed by atoms with Gasteiger partial charge >= 0.3 is 17.1 Å². The van der Waals surface area contributed by atoms with Crippen LogP contribution in [-0.4, -0.2) is 38.1 Å². The van der Waals surface area contributed by atoms with E-state index < -0.39 is 17.1 Å². The number of aromatic nitrogens is 3. The fraction of sp³-hybridized carbons (Fsp3) is 0.667. The van der Waals surface area contributed by atoms with Crippen LogP contribution in [0.3, 0.4) is 0 Å². The molecule has 2 aliphatic heterocycles. The van der Waals surface area contributed by atoms with Gasteiger partial charge < -0.3 is 9.47 Å². The van der Waals surface area contributed by atoms with Crippen molar-refractivity contribution in [2.24, 2.45) is 0 Å². The first-order valence-electron chi connectivity index (χ1n) is 7.80. The van der Waals surface area contributed by atoms with Crippen LogP contribution in [0.15, 0.2) is 26.5 Å². The van der Waals surface area contributed by atoms with Crippen molar-refractivity contribution in [1.29, 1.82) is 0 Å². The monoisotopic (exact) mass is 323 g/mol. The van der Waals surface area contributed by atoms with Crippen molar-refractivity contribution in [3.63, 3.8) is 0 Å². The lowest BCUT2D eigenvalue weighted by Gasteiger charge is -2.11. The van der Waals surface area contributed by atoms with Crippen molar-refractivity contribution >= 4 is 0 Å². The van der Waals surface area contributed by atoms with Gasteiger partial charge in [-0.05, 0) is 20.8 Å². The molecular weight excluding hydrogens is 302 g/mol. The number of rotatable bonds is 6. The molecular formula is C15H21N3O5. The first-order chi connectivity index (χ1) is 10.9. The molecule has 1 aromatic heterocycles. The minimum atomic E-state index is -0.596. The van der Waals surface area contributed by atoms with Crippen LogP contribution in [0, 0.1) is 0 Å². The zero-order chi connectivity index (χ0) is 16.7. The first kappa shape index (κ1) is 15.9. The molecule has 126 valence electrons. The summed E-state index contributed by atoms with van der Waals surface area (Å²) in [6.07, 6.45) is 3.20. The van der Waals surface area contributed by atoms with Gasteiger partial charge in [0.2, 0.25) is 0 Å². The number of allylic oxidation sites excluding steroid dienone is 2. The second-order valence-corrected chi connectivity index (χ2v) is 6.01. The SMILES string of the molecule is CC=CCn1c(=O)n(CC2OC2C)c(=O)n(CC2OC2C)c1=O. The van der Waals surface area contributed by atoms with Gasteiger partial charge in [-0.3, -0.25) is 0 Å². The summed E-state index contributed by atoms with van der Waals surface area (Å²) in [4.78, 5) is 37.6. The zero-order valence-electron chi connectivity index (χ0n) is 13.5. The highest BCUT2D eigenvalue weighted by Crippen LogP contribution is 2.22. The van der Waals surface area contributed by atoms with Gasteiger partial charge in [0.25, 0.3) is 0 Å². The van der Waals surface area contributed by atoms with Gasteiger partial charge in [-0.2, -0.15) is 0 Å². The Morgan fingerprint density at radius 1 is 0.870 bits per heavy atom. The fourth-order valence-corrected chi connectivity index (χ4v) is 2.57. The summed E-state index contributed by atoms with van der Waals surface area (Å²) in [6, 6.07) is 0. The first-order valence-corrected chi connectivity index (χ1v) is 7.80. The molecule has 2 fully saturated rings. The molecule has 4 atom stereocenters. The van der Waals surface area contributed by atoms with E-state index in [9.17, 15) is 14.4 Å². The van der Waals surface area contributed by atoms with Gasteiger partial charge in [0.05, 0.1) is 31.8 Å². The van der Waals surface area contributed by atoms with E-state index >= 15 is 0 Å². The number of nitrogens with zero attached hydrogens (tertiary/aromatic N) is 3. The Kier molecular flexibility index (Phi) is 4.11. The fourth-order valence-electron chi connectivity index (χ4n) is 2.57. The van der Waals surface area contributed by atoms with Crippen molar-refractivity contribution in [3.05, 3.63) is 43.6 Å². The maximum absolute atomic E-state index is 12.6. The van der Waals surface area contributed by atoms with Crippen molar-refractivity contribution < 1.29 is 9.47 Å². The third-order valence-electron chi connectivity index (χ3n) is 4.31. The lowest BCUT2D eigenvalue weighted by molar-refractivity contribution is 0.331. The predicted molar refractivity (Wildman–Crippen MR) is 82.7 cm³/mol. The number of hydrogen-bond acceptors (Lipinski definition) is 5. The summed E-state index contributed by atoms with van der Waals surface area (Å²) >= 11 is 0. The van der Waals surface area contributed by atoms with Crippen LogP contribution >= 0.6 is 0 Å². The Morgan fingerprint density at radius 2 is 1.26 bits per heavy atom. The van der Waals surface area contributed by atoms with E-state index in [2.05, 4.69) is 0 Å². The molecule has 1 aromatic rings. The molecule has 0 N–H and O–H groups in total. The zero-order valence-corrected chi connectivity index (χ0v) is 13.5. The van der Waals surface area contributed by atoms with Gasteiger partial charge in [0, 0.05) is 0 Å². The summed E-state index contributed by atoms with van der Waals surface area (Å²) in [6.45, 7) is 6.02. The smallest absolute Gasteiger partial charge is 0.336 e. The molecule has 0 saturated carbocycles. The predicted octanol–water partition coefficient (Wildman–Crippen LogP) is -0.678. The van der Waals surface area contributed by atoms with E-state index in [1.807, 2.05) is 13.8 Å². The summed E-state index contributed by atoms with van der Waals surface area (Å²) in [7, 11) is 0. The number of ether oxygens (including phenoxy) is 2. The van der Waals surface area contributed by atoms with Crippen molar-refractivity contribution in [2.45, 2.75) is 64.8 Å². The summed E-state index contributed by atoms with van der Waals surface area (Å²) in [5.41, 5.74) is -1.79. The molecule has 3 heterocycles. The lowest BCUT2D eigenvalue weighted by atomic mass is 10.3. The molecule has 0 radical (unpaired) electrons. The second-order valence-electron chi connectivity index (χ2n) is 6.01. The normalized spacial score (nSPS) is 29.2. The van der Waals surface area contributed by atoms with E-state index in [1.54, 1.807) is 19.1 Å². The highest BCUT2D eigenvalue weighted by molar-refractivity contribution is 4.90. The maximum Gasteiger partial charge on any atom is 0.336 e. The van der Waals surface area contributed by atoms with Gasteiger partial charge in [-0.25, -0.2) is 28.1 Å². The van der Waals surface area contributed by atoms with Gasteiger partial charge in [-0.1, -0.05) is 12.2 Å². The summed E-state index contributed by atoms with van der Waals surface area (Å²) in [5.74, 6) is 0. The molecule has 3 rings (SSSR count). The lowest BCUT2D eigenvalue weighted by Crippen LogP contribution is -2.55. The van der Waals surface area contributed by atoms with Gasteiger partial charge in [0.15, 0.2) is 0 Å². The van der Waals surface area contributed by atoms with E-state index in [0.717, 1.165) is 13.7 Å². The van der Waals surface area contributed by atoms with E-state index in [4.69, 9.17) is 9.47 Å². The average Bonchev–Trinajstić information content (AvgIpc) is 3.40. The Hall–Kier alpha value is -1.93. The van der Waals surface area contributed by atoms with Crippen LogP contribution in [0.1, 0.15) is 20.8 Å². The molecule has 2 saturated heterocycles. The van der Waals surface area contributed by atoms with Crippen LogP contribution in [-0.2, 0) is 29.1 Å². The highest BCUT2D eigenvalue weighted by Gasteiger charge is 2.38. The molecule has 0 aromatic carbocycles. The third kappa shape index (κ3) is 3.09. The quantitative estimate of drug-likeness (QED) is 0.511. The molecule has 0 bridgehead atoms. The minimum Gasteiger partial charge on any atom is -0.368 e. The van der Waals surface area contributed by atoms with Crippen molar-refractivity contribution in [1.82, 2.24) is 13.7 Å². The Balaban J connectivity index is 2.06. The van der Waals surface area contributed by atoms with E-state index in [0.29, 0.717) is 0 Å². The number of epoxide rings is 2. The molecule has 8 heteroatoms. The van der Waals surface area contributed by atoms with Crippen LogP contribution in [0.25, 0.3) is 0 Å². The van der Waals surface area contributed by atoms with Crippen molar-refractivity contribution in [2.75, 3.05) is 0 Å². The number of hydrogen-bond donors (Lipinski definition) is 0. The standard InChI is InChI=1S/C15H21N3O5/c1-4-5-6-16-13(19)17(7-11-9(2)22-11)15(21)18(14(16)20)8-12-10(3)23-12/h4-5,9-12H,6-8H2,1-3H3. The van der Waals surface area contributed by atoms with Gasteiger partial charge in [0.1, 0.15) is 12.2 Å². The minimum absolute atomic E-state index is 0.0254. The molecule has 4 unspecified atom stereocenters. The Morgan fingerprint density at radius 3 is 1.61 bits per heavy atom. The van der Waals surface area contributed by atoms with Crippen LogP contribution in [0.4, 0.5) is 0 Å². The summed E-state index contributed by atoms with van der Waals surface area (Å²) < 4.78 is 13.8. The van der Waals surface area contributed by atoms with Crippen LogP contribution in [0.2, 0.25) is 0 Å². The Bertz CT molecular complexity index is 747. The van der Waals surface area contributed by atoms with Crippen molar-refractivity contribution in [3.8, 4) is 0 Å². The third-order valence-corrected chi connectivity index (χ3v) is 4.31. The molecule has 2 aliphatic rings. The molecule has 8 nitrogen and oxygen atoms in total. The largest absolute Gasteiger partial charge is 0.368 e. The van der Waals surface area contributed by atoms with Crippen LogP contribution < -0.4 is 17.1 Å². The highest BCUT2D eigenvalue weighted by atomic mass is 16.6.